The Bertz CT molecular complexity index is 472. The van der Waals surface area contributed by atoms with Crippen molar-refractivity contribution in [2.45, 2.75) is 26.7 Å². The minimum Gasteiger partial charge on any atom is -0.330 e. The molecule has 0 bridgehead atoms. The zero-order valence-electron chi connectivity index (χ0n) is 11.1. The fourth-order valence-electron chi connectivity index (χ4n) is 1.81. The molecule has 5 heteroatoms. The third kappa shape index (κ3) is 3.99. The first-order valence-electron chi connectivity index (χ1n) is 6.28. The Balaban J connectivity index is 3.05. The molecule has 1 aromatic carbocycles. The molecule has 0 atom stereocenters. The van der Waals surface area contributed by atoms with E-state index >= 15 is 0 Å². The highest BCUT2D eigenvalue weighted by molar-refractivity contribution is 7.92. The summed E-state index contributed by atoms with van der Waals surface area (Å²) in [7, 11) is -3.24. The molecule has 0 heterocycles. The summed E-state index contributed by atoms with van der Waals surface area (Å²) in [5.41, 5.74) is 7.27. The molecule has 18 heavy (non-hydrogen) atoms. The van der Waals surface area contributed by atoms with Crippen molar-refractivity contribution >= 4 is 15.7 Å². The molecule has 102 valence electrons. The number of hydrogen-bond donors (Lipinski definition) is 1. The van der Waals surface area contributed by atoms with Crippen molar-refractivity contribution in [2.24, 2.45) is 5.73 Å². The topological polar surface area (TPSA) is 63.4 Å². The van der Waals surface area contributed by atoms with Crippen molar-refractivity contribution in [1.29, 1.82) is 0 Å². The van der Waals surface area contributed by atoms with Gasteiger partial charge >= 0.3 is 0 Å². The van der Waals surface area contributed by atoms with Crippen molar-refractivity contribution in [2.75, 3.05) is 23.1 Å². The highest BCUT2D eigenvalue weighted by Gasteiger charge is 2.20. The van der Waals surface area contributed by atoms with Gasteiger partial charge in [-0.15, -0.1) is 0 Å². The molecule has 0 aromatic heterocycles. The van der Waals surface area contributed by atoms with E-state index in [1.807, 2.05) is 38.1 Å². The molecule has 0 amide bonds. The zero-order chi connectivity index (χ0) is 13.6. The van der Waals surface area contributed by atoms with E-state index in [2.05, 4.69) is 0 Å². The van der Waals surface area contributed by atoms with E-state index in [0.29, 0.717) is 25.9 Å². The number of rotatable bonds is 7. The zero-order valence-corrected chi connectivity index (χ0v) is 11.9. The highest BCUT2D eigenvalue weighted by atomic mass is 32.2. The lowest BCUT2D eigenvalue weighted by Crippen LogP contribution is -2.34. The molecule has 2 N–H and O–H groups in total. The van der Waals surface area contributed by atoms with Crippen LogP contribution in [0.2, 0.25) is 0 Å². The number of nitrogens with two attached hydrogens (primary N) is 1. The second-order valence-corrected chi connectivity index (χ2v) is 6.38. The highest BCUT2D eigenvalue weighted by Crippen LogP contribution is 2.20. The van der Waals surface area contributed by atoms with E-state index in [4.69, 9.17) is 5.73 Å². The fraction of sp³-hybridized carbons (Fsp3) is 0.538. The van der Waals surface area contributed by atoms with Crippen molar-refractivity contribution in [3.63, 3.8) is 0 Å². The number of sulfonamides is 1. The summed E-state index contributed by atoms with van der Waals surface area (Å²) in [6.07, 6.45) is 1.28. The van der Waals surface area contributed by atoms with Crippen molar-refractivity contribution in [3.8, 4) is 0 Å². The van der Waals surface area contributed by atoms with Crippen LogP contribution in [0, 0.1) is 6.92 Å². The third-order valence-electron chi connectivity index (χ3n) is 2.65. The Labute approximate surface area is 110 Å². The molecule has 0 unspecified atom stereocenters. The first-order chi connectivity index (χ1) is 8.51. The Morgan fingerprint density at radius 3 is 2.61 bits per heavy atom. The minimum absolute atomic E-state index is 0.172. The Morgan fingerprint density at radius 1 is 1.33 bits per heavy atom. The molecule has 1 aromatic rings. The van der Waals surface area contributed by atoms with E-state index in [9.17, 15) is 8.42 Å². The lowest BCUT2D eigenvalue weighted by Gasteiger charge is -2.24. The van der Waals surface area contributed by atoms with Gasteiger partial charge in [0.2, 0.25) is 10.0 Å². The van der Waals surface area contributed by atoms with Gasteiger partial charge in [0.1, 0.15) is 0 Å². The maximum Gasteiger partial charge on any atom is 0.235 e. The Kier molecular flexibility index (Phi) is 5.62. The van der Waals surface area contributed by atoms with Crippen LogP contribution >= 0.6 is 0 Å². The largest absolute Gasteiger partial charge is 0.330 e. The number of anilines is 1. The number of hydrogen-bond acceptors (Lipinski definition) is 3. The molecular weight excluding hydrogens is 248 g/mol. The number of aryl methyl sites for hydroxylation is 1. The van der Waals surface area contributed by atoms with Gasteiger partial charge in [0.05, 0.1) is 11.4 Å². The molecule has 0 fully saturated rings. The molecule has 0 aliphatic carbocycles. The Morgan fingerprint density at radius 2 is 2.06 bits per heavy atom. The van der Waals surface area contributed by atoms with Crippen LogP contribution in [-0.4, -0.2) is 27.3 Å². The SMILES string of the molecule is CCCS(=O)(=O)N(CCCN)c1cccc(C)c1. The molecule has 0 saturated carbocycles. The van der Waals surface area contributed by atoms with E-state index in [-0.39, 0.29) is 5.75 Å². The van der Waals surface area contributed by atoms with Gasteiger partial charge in [0.15, 0.2) is 0 Å². The maximum absolute atomic E-state index is 12.2. The van der Waals surface area contributed by atoms with Gasteiger partial charge in [-0.25, -0.2) is 8.42 Å². The van der Waals surface area contributed by atoms with E-state index in [0.717, 1.165) is 11.3 Å². The molecule has 0 radical (unpaired) electrons. The average molecular weight is 270 g/mol. The lowest BCUT2D eigenvalue weighted by atomic mass is 10.2. The summed E-state index contributed by atoms with van der Waals surface area (Å²) in [6.45, 7) is 4.76. The quantitative estimate of drug-likeness (QED) is 0.823. The summed E-state index contributed by atoms with van der Waals surface area (Å²) in [5, 5.41) is 0. The molecular formula is C13H22N2O2S. The summed E-state index contributed by atoms with van der Waals surface area (Å²) >= 11 is 0. The molecule has 4 nitrogen and oxygen atoms in total. The van der Waals surface area contributed by atoms with E-state index < -0.39 is 10.0 Å². The van der Waals surface area contributed by atoms with Crippen LogP contribution in [0.25, 0.3) is 0 Å². The predicted octanol–water partition coefficient (Wildman–Crippen LogP) is 1.89. The van der Waals surface area contributed by atoms with Gasteiger partial charge < -0.3 is 5.73 Å². The van der Waals surface area contributed by atoms with Crippen molar-refractivity contribution in [1.82, 2.24) is 0 Å². The van der Waals surface area contributed by atoms with Crippen LogP contribution in [0.4, 0.5) is 5.69 Å². The number of benzene rings is 1. The molecule has 0 saturated heterocycles. The van der Waals surface area contributed by atoms with Crippen molar-refractivity contribution < 1.29 is 8.42 Å². The fourth-order valence-corrected chi connectivity index (χ4v) is 3.39. The van der Waals surface area contributed by atoms with Crippen LogP contribution in [-0.2, 0) is 10.0 Å². The summed E-state index contributed by atoms with van der Waals surface area (Å²) in [6, 6.07) is 7.55. The van der Waals surface area contributed by atoms with Gasteiger partial charge in [0, 0.05) is 6.54 Å². The van der Waals surface area contributed by atoms with Gasteiger partial charge in [-0.05, 0) is 44.0 Å². The van der Waals surface area contributed by atoms with E-state index in [1.54, 1.807) is 0 Å². The van der Waals surface area contributed by atoms with Gasteiger partial charge in [-0.3, -0.25) is 4.31 Å². The average Bonchev–Trinajstić information content (AvgIpc) is 2.29. The molecule has 0 aliphatic rings. The van der Waals surface area contributed by atoms with Crippen LogP contribution in [0.1, 0.15) is 25.3 Å². The second-order valence-electron chi connectivity index (χ2n) is 4.37. The van der Waals surface area contributed by atoms with E-state index in [1.165, 1.54) is 4.31 Å². The van der Waals surface area contributed by atoms with Crippen LogP contribution in [0.3, 0.4) is 0 Å². The summed E-state index contributed by atoms with van der Waals surface area (Å²) in [5.74, 6) is 0.172. The summed E-state index contributed by atoms with van der Waals surface area (Å²) in [4.78, 5) is 0. The maximum atomic E-state index is 12.2. The minimum atomic E-state index is -3.24. The van der Waals surface area contributed by atoms with Crippen LogP contribution in [0.5, 0.6) is 0 Å². The van der Waals surface area contributed by atoms with Gasteiger partial charge in [0.25, 0.3) is 0 Å². The predicted molar refractivity (Wildman–Crippen MR) is 76.3 cm³/mol. The van der Waals surface area contributed by atoms with Crippen molar-refractivity contribution in [3.05, 3.63) is 29.8 Å². The number of nitrogens with zero attached hydrogens (tertiary/aromatic N) is 1. The standard InChI is InChI=1S/C13H22N2O2S/c1-3-10-18(16,17)15(9-5-8-14)13-7-4-6-12(2)11-13/h4,6-7,11H,3,5,8-10,14H2,1-2H3. The second kappa shape index (κ2) is 6.75. The first kappa shape index (κ1) is 15.0. The monoisotopic (exact) mass is 270 g/mol. The third-order valence-corrected chi connectivity index (χ3v) is 4.64. The lowest BCUT2D eigenvalue weighted by molar-refractivity contribution is 0.588. The Hall–Kier alpha value is -1.07. The molecule has 1 rings (SSSR count). The van der Waals surface area contributed by atoms with Gasteiger partial charge in [-0.2, -0.15) is 0 Å². The van der Waals surface area contributed by atoms with Gasteiger partial charge in [-0.1, -0.05) is 19.1 Å². The normalized spacial score (nSPS) is 11.5. The first-order valence-corrected chi connectivity index (χ1v) is 7.89. The van der Waals surface area contributed by atoms with Crippen LogP contribution < -0.4 is 10.0 Å². The smallest absolute Gasteiger partial charge is 0.235 e. The molecule has 0 aliphatic heterocycles. The summed E-state index contributed by atoms with van der Waals surface area (Å²) < 4.78 is 25.9. The molecule has 0 spiro atoms. The van der Waals surface area contributed by atoms with Crippen LogP contribution in [0.15, 0.2) is 24.3 Å².